The van der Waals surface area contributed by atoms with E-state index in [1.807, 2.05) is 27.0 Å². The van der Waals surface area contributed by atoms with Gasteiger partial charge in [0.05, 0.1) is 6.10 Å². The van der Waals surface area contributed by atoms with E-state index in [4.69, 9.17) is 4.74 Å². The van der Waals surface area contributed by atoms with Gasteiger partial charge in [-0.2, -0.15) is 0 Å². The molecule has 0 aliphatic heterocycles. The molecule has 2 nitrogen and oxygen atoms in total. The molecule has 1 N–H and O–H groups in total. The van der Waals surface area contributed by atoms with E-state index in [1.54, 1.807) is 12.1 Å². The number of benzene rings is 1. The molecule has 0 amide bonds. The van der Waals surface area contributed by atoms with Gasteiger partial charge in [-0.25, -0.2) is 4.39 Å². The third-order valence-electron chi connectivity index (χ3n) is 3.77. The summed E-state index contributed by atoms with van der Waals surface area (Å²) in [5, 5.41) is 3.20. The minimum absolute atomic E-state index is 0.0193. The summed E-state index contributed by atoms with van der Waals surface area (Å²) in [4.78, 5) is 0. The van der Waals surface area contributed by atoms with E-state index in [0.29, 0.717) is 11.7 Å². The maximum atomic E-state index is 14.1. The van der Waals surface area contributed by atoms with Crippen LogP contribution in [0.2, 0.25) is 0 Å². The van der Waals surface area contributed by atoms with Crippen molar-refractivity contribution in [2.24, 2.45) is 5.92 Å². The molecule has 1 aromatic carbocycles. The molecule has 0 fully saturated rings. The Morgan fingerprint density at radius 3 is 2.32 bits per heavy atom. The zero-order chi connectivity index (χ0) is 14.6. The predicted molar refractivity (Wildman–Crippen MR) is 78.3 cm³/mol. The van der Waals surface area contributed by atoms with Crippen molar-refractivity contribution in [3.8, 4) is 5.75 Å². The Balaban J connectivity index is 3.10. The van der Waals surface area contributed by atoms with Gasteiger partial charge in [-0.05, 0) is 44.5 Å². The van der Waals surface area contributed by atoms with Gasteiger partial charge in [0.25, 0.3) is 0 Å². The topological polar surface area (TPSA) is 21.3 Å². The highest BCUT2D eigenvalue weighted by Gasteiger charge is 2.30. The van der Waals surface area contributed by atoms with Crippen LogP contribution < -0.4 is 10.1 Å². The van der Waals surface area contributed by atoms with Gasteiger partial charge >= 0.3 is 0 Å². The van der Waals surface area contributed by atoms with Crippen LogP contribution in [0.1, 0.15) is 40.2 Å². The van der Waals surface area contributed by atoms with Crippen molar-refractivity contribution in [1.82, 2.24) is 5.32 Å². The van der Waals surface area contributed by atoms with Gasteiger partial charge in [-0.15, -0.1) is 0 Å². The molecule has 0 radical (unpaired) electrons. The molecule has 0 bridgehead atoms. The molecule has 19 heavy (non-hydrogen) atoms. The van der Waals surface area contributed by atoms with Gasteiger partial charge in [0.15, 0.2) is 11.6 Å². The second kappa shape index (κ2) is 6.38. The summed E-state index contributed by atoms with van der Waals surface area (Å²) in [7, 11) is 1.92. The molecule has 3 heteroatoms. The van der Waals surface area contributed by atoms with Crippen LogP contribution in [-0.2, 0) is 5.41 Å². The Bertz CT molecular complexity index is 417. The van der Waals surface area contributed by atoms with Crippen LogP contribution >= 0.6 is 0 Å². The van der Waals surface area contributed by atoms with Gasteiger partial charge < -0.3 is 10.1 Å². The molecule has 0 aliphatic carbocycles. The highest BCUT2D eigenvalue weighted by atomic mass is 19.1. The third-order valence-corrected chi connectivity index (χ3v) is 3.77. The van der Waals surface area contributed by atoms with Crippen LogP contribution in [0.4, 0.5) is 4.39 Å². The van der Waals surface area contributed by atoms with Gasteiger partial charge in [0.1, 0.15) is 0 Å². The van der Waals surface area contributed by atoms with E-state index < -0.39 is 0 Å². The van der Waals surface area contributed by atoms with Gasteiger partial charge in [-0.1, -0.05) is 26.8 Å². The normalized spacial score (nSPS) is 14.8. The quantitative estimate of drug-likeness (QED) is 0.847. The molecule has 0 heterocycles. The summed E-state index contributed by atoms with van der Waals surface area (Å²) < 4.78 is 19.5. The van der Waals surface area contributed by atoms with Crippen LogP contribution in [-0.4, -0.2) is 19.7 Å². The molecule has 1 rings (SSSR count). The van der Waals surface area contributed by atoms with Gasteiger partial charge in [0.2, 0.25) is 0 Å². The van der Waals surface area contributed by atoms with Crippen LogP contribution in [0.25, 0.3) is 0 Å². The lowest BCUT2D eigenvalue weighted by Crippen LogP contribution is -2.38. The Morgan fingerprint density at radius 1 is 1.26 bits per heavy atom. The highest BCUT2D eigenvalue weighted by molar-refractivity contribution is 5.34. The van der Waals surface area contributed by atoms with E-state index >= 15 is 0 Å². The molecular formula is C16H26FNO. The number of rotatable bonds is 6. The zero-order valence-electron chi connectivity index (χ0n) is 12.9. The van der Waals surface area contributed by atoms with Gasteiger partial charge in [0, 0.05) is 12.0 Å². The molecule has 0 saturated heterocycles. The van der Waals surface area contributed by atoms with E-state index in [2.05, 4.69) is 26.1 Å². The first kappa shape index (κ1) is 16.0. The highest BCUT2D eigenvalue weighted by Crippen LogP contribution is 2.33. The smallest absolute Gasteiger partial charge is 0.165 e. The summed E-state index contributed by atoms with van der Waals surface area (Å²) in [6.45, 7) is 11.1. The number of halogens is 1. The summed E-state index contributed by atoms with van der Waals surface area (Å²) >= 11 is 0. The lowest BCUT2D eigenvalue weighted by Gasteiger charge is -2.34. The first-order valence-corrected chi connectivity index (χ1v) is 6.92. The number of ether oxygens (including phenoxy) is 1. The Kier molecular flexibility index (Phi) is 5.36. The van der Waals surface area contributed by atoms with Crippen molar-refractivity contribution in [3.05, 3.63) is 29.6 Å². The number of hydrogen-bond acceptors (Lipinski definition) is 2. The fourth-order valence-corrected chi connectivity index (χ4v) is 2.21. The third kappa shape index (κ3) is 3.69. The summed E-state index contributed by atoms with van der Waals surface area (Å²) in [5.74, 6) is 0.458. The molecule has 108 valence electrons. The largest absolute Gasteiger partial charge is 0.488 e. The van der Waals surface area contributed by atoms with Crippen molar-refractivity contribution in [2.75, 3.05) is 13.6 Å². The Labute approximate surface area is 116 Å². The number of likely N-dealkylation sites (N-methyl/N-ethyl adjacent to an activating group) is 1. The number of nitrogens with one attached hydrogen (secondary N) is 1. The second-order valence-electron chi connectivity index (χ2n) is 5.91. The average Bonchev–Trinajstić information content (AvgIpc) is 2.31. The second-order valence-corrected chi connectivity index (χ2v) is 5.91. The van der Waals surface area contributed by atoms with Crippen LogP contribution in [0.15, 0.2) is 18.2 Å². The maximum absolute atomic E-state index is 14.1. The van der Waals surface area contributed by atoms with Crippen molar-refractivity contribution in [3.63, 3.8) is 0 Å². The SMILES string of the molecule is CNCC(C)(c1ccc(OC(C)C)c(F)c1)C(C)C. The first-order valence-electron chi connectivity index (χ1n) is 6.92. The van der Waals surface area contributed by atoms with Crippen molar-refractivity contribution in [2.45, 2.75) is 46.1 Å². The molecule has 1 atom stereocenters. The van der Waals surface area contributed by atoms with Crippen molar-refractivity contribution < 1.29 is 9.13 Å². The minimum Gasteiger partial charge on any atom is -0.488 e. The summed E-state index contributed by atoms with van der Waals surface area (Å²) in [6.07, 6.45) is -0.0193. The number of hydrogen-bond donors (Lipinski definition) is 1. The fourth-order valence-electron chi connectivity index (χ4n) is 2.21. The standard InChI is InChI=1S/C16H26FNO/c1-11(2)16(5,10-18-6)13-7-8-15(14(17)9-13)19-12(3)4/h7-9,11-12,18H,10H2,1-6H3. The van der Waals surface area contributed by atoms with Crippen LogP contribution in [0.5, 0.6) is 5.75 Å². The fraction of sp³-hybridized carbons (Fsp3) is 0.625. The molecule has 0 spiro atoms. The Hall–Kier alpha value is -1.09. The molecule has 1 aromatic rings. The Morgan fingerprint density at radius 2 is 1.89 bits per heavy atom. The van der Waals surface area contributed by atoms with Crippen molar-refractivity contribution >= 4 is 0 Å². The molecule has 1 unspecified atom stereocenters. The predicted octanol–water partition coefficient (Wildman–Crippen LogP) is 3.75. The maximum Gasteiger partial charge on any atom is 0.165 e. The first-order chi connectivity index (χ1) is 8.81. The zero-order valence-corrected chi connectivity index (χ0v) is 12.9. The molecule has 0 saturated carbocycles. The monoisotopic (exact) mass is 267 g/mol. The summed E-state index contributed by atoms with van der Waals surface area (Å²) in [5.41, 5.74) is 0.914. The van der Waals surface area contributed by atoms with Crippen LogP contribution in [0, 0.1) is 11.7 Å². The average molecular weight is 267 g/mol. The lowest BCUT2D eigenvalue weighted by atomic mass is 9.73. The van der Waals surface area contributed by atoms with E-state index in [9.17, 15) is 4.39 Å². The molecular weight excluding hydrogens is 241 g/mol. The van der Waals surface area contributed by atoms with E-state index in [1.165, 1.54) is 0 Å². The van der Waals surface area contributed by atoms with E-state index in [-0.39, 0.29) is 17.3 Å². The lowest BCUT2D eigenvalue weighted by molar-refractivity contribution is 0.230. The minimum atomic E-state index is -0.283. The van der Waals surface area contributed by atoms with Crippen LogP contribution in [0.3, 0.4) is 0 Å². The molecule has 0 aromatic heterocycles. The van der Waals surface area contributed by atoms with Crippen molar-refractivity contribution in [1.29, 1.82) is 0 Å². The summed E-state index contributed by atoms with van der Waals surface area (Å²) in [6, 6.07) is 5.31. The van der Waals surface area contributed by atoms with Gasteiger partial charge in [-0.3, -0.25) is 0 Å². The van der Waals surface area contributed by atoms with E-state index in [0.717, 1.165) is 12.1 Å². The molecule has 0 aliphatic rings.